The third kappa shape index (κ3) is 4.65. The molecule has 0 radical (unpaired) electrons. The molecule has 2 heterocycles. The monoisotopic (exact) mass is 464 g/mol. The maximum atomic E-state index is 13.1. The quantitative estimate of drug-likeness (QED) is 0.437. The molecule has 33 heavy (non-hydrogen) atoms. The van der Waals surface area contributed by atoms with Gasteiger partial charge in [0.25, 0.3) is 5.56 Å². The first kappa shape index (κ1) is 22.3. The molecule has 4 rings (SSSR count). The largest absolute Gasteiger partial charge is 0.462 e. The van der Waals surface area contributed by atoms with Gasteiger partial charge in [-0.25, -0.2) is 9.78 Å². The number of amides is 1. The van der Waals surface area contributed by atoms with Crippen molar-refractivity contribution >= 4 is 40.2 Å². The van der Waals surface area contributed by atoms with E-state index in [0.717, 1.165) is 11.1 Å². The van der Waals surface area contributed by atoms with Gasteiger partial charge in [-0.15, -0.1) is 0 Å². The van der Waals surface area contributed by atoms with E-state index in [0.29, 0.717) is 27.3 Å². The van der Waals surface area contributed by atoms with Crippen LogP contribution in [-0.2, 0) is 23.1 Å². The molecule has 0 saturated carbocycles. The Morgan fingerprint density at radius 1 is 1.09 bits per heavy atom. The molecule has 0 saturated heterocycles. The molecule has 1 N–H and O–H groups in total. The van der Waals surface area contributed by atoms with Gasteiger partial charge in [0.2, 0.25) is 5.91 Å². The van der Waals surface area contributed by atoms with Crippen LogP contribution in [0.3, 0.4) is 0 Å². The summed E-state index contributed by atoms with van der Waals surface area (Å²) in [7, 11) is 1.76. The highest BCUT2D eigenvalue weighted by Crippen LogP contribution is 2.28. The molecule has 0 aliphatic heterocycles. The number of rotatable bonds is 6. The van der Waals surface area contributed by atoms with Crippen LogP contribution >= 0.6 is 11.6 Å². The average Bonchev–Trinajstić information content (AvgIpc) is 3.14. The number of aromatic nitrogens is 3. The van der Waals surface area contributed by atoms with Crippen molar-refractivity contribution in [1.29, 1.82) is 0 Å². The van der Waals surface area contributed by atoms with Crippen LogP contribution in [0, 0.1) is 0 Å². The Bertz CT molecular complexity index is 1390. The lowest BCUT2D eigenvalue weighted by molar-refractivity contribution is -0.116. The number of aryl methyl sites for hydroxylation is 1. The van der Waals surface area contributed by atoms with Crippen LogP contribution in [0.1, 0.15) is 17.3 Å². The van der Waals surface area contributed by atoms with Crippen molar-refractivity contribution in [2.24, 2.45) is 7.05 Å². The number of halogens is 1. The minimum atomic E-state index is -0.429. The molecule has 0 aliphatic carbocycles. The fourth-order valence-electron chi connectivity index (χ4n) is 3.53. The highest BCUT2D eigenvalue weighted by Gasteiger charge is 2.16. The molecule has 0 spiro atoms. The molecule has 0 fully saturated rings. The van der Waals surface area contributed by atoms with Gasteiger partial charge in [0, 0.05) is 29.5 Å². The number of fused-ring (bicyclic) bond motifs is 1. The van der Waals surface area contributed by atoms with Crippen LogP contribution in [0.2, 0.25) is 5.02 Å². The molecule has 1 amide bonds. The van der Waals surface area contributed by atoms with Crippen LogP contribution < -0.4 is 10.9 Å². The van der Waals surface area contributed by atoms with E-state index >= 15 is 0 Å². The summed E-state index contributed by atoms with van der Waals surface area (Å²) in [6, 6.07) is 13.6. The first-order valence-corrected chi connectivity index (χ1v) is 10.6. The Balaban J connectivity index is 1.54. The second-order valence-electron chi connectivity index (χ2n) is 7.38. The van der Waals surface area contributed by atoms with Gasteiger partial charge >= 0.3 is 5.97 Å². The molecular formula is C24H21ClN4O4. The van der Waals surface area contributed by atoms with Gasteiger partial charge in [0.05, 0.1) is 18.5 Å². The zero-order valence-electron chi connectivity index (χ0n) is 18.0. The van der Waals surface area contributed by atoms with Gasteiger partial charge in [0.15, 0.2) is 0 Å². The normalized spacial score (nSPS) is 10.9. The maximum Gasteiger partial charge on any atom is 0.338 e. The van der Waals surface area contributed by atoms with Crippen LogP contribution in [0.15, 0.2) is 65.8 Å². The maximum absolute atomic E-state index is 13.1. The molecule has 9 heteroatoms. The lowest BCUT2D eigenvalue weighted by Gasteiger charge is -2.09. The highest BCUT2D eigenvalue weighted by atomic mass is 35.5. The summed E-state index contributed by atoms with van der Waals surface area (Å²) >= 11 is 5.98. The van der Waals surface area contributed by atoms with E-state index in [1.54, 1.807) is 54.9 Å². The number of hydrogen-bond donors (Lipinski definition) is 1. The van der Waals surface area contributed by atoms with Gasteiger partial charge in [-0.1, -0.05) is 23.7 Å². The lowest BCUT2D eigenvalue weighted by atomic mass is 10.1. The Morgan fingerprint density at radius 3 is 2.45 bits per heavy atom. The Labute approximate surface area is 194 Å². The number of nitrogens with one attached hydrogen (secondary N) is 1. The smallest absolute Gasteiger partial charge is 0.338 e. The summed E-state index contributed by atoms with van der Waals surface area (Å²) in [6.45, 7) is 1.81. The van der Waals surface area contributed by atoms with Crippen LogP contribution in [0.5, 0.6) is 0 Å². The molecule has 2 aromatic carbocycles. The predicted octanol–water partition coefficient (Wildman–Crippen LogP) is 3.87. The summed E-state index contributed by atoms with van der Waals surface area (Å²) in [4.78, 5) is 41.8. The van der Waals surface area contributed by atoms with Crippen molar-refractivity contribution in [3.63, 3.8) is 0 Å². The van der Waals surface area contributed by atoms with Crippen molar-refractivity contribution in [3.05, 3.63) is 82.0 Å². The van der Waals surface area contributed by atoms with Gasteiger partial charge in [-0.2, -0.15) is 0 Å². The van der Waals surface area contributed by atoms with Crippen molar-refractivity contribution in [1.82, 2.24) is 14.1 Å². The zero-order chi connectivity index (χ0) is 23.5. The summed E-state index contributed by atoms with van der Waals surface area (Å²) in [5.74, 6) is -0.823. The highest BCUT2D eigenvalue weighted by molar-refractivity contribution is 6.30. The number of benzene rings is 2. The molecule has 0 atom stereocenters. The zero-order valence-corrected chi connectivity index (χ0v) is 18.8. The van der Waals surface area contributed by atoms with Crippen LogP contribution in [0.4, 0.5) is 5.69 Å². The van der Waals surface area contributed by atoms with E-state index in [4.69, 9.17) is 16.3 Å². The molecule has 4 aromatic rings. The molecule has 0 unspecified atom stereocenters. The molecule has 0 aliphatic rings. The summed E-state index contributed by atoms with van der Waals surface area (Å²) in [6.07, 6.45) is 3.20. The summed E-state index contributed by atoms with van der Waals surface area (Å²) < 4.78 is 7.91. The average molecular weight is 465 g/mol. The molecule has 0 bridgehead atoms. The topological polar surface area (TPSA) is 95.2 Å². The van der Waals surface area contributed by atoms with Crippen molar-refractivity contribution < 1.29 is 14.3 Å². The van der Waals surface area contributed by atoms with Gasteiger partial charge in [0.1, 0.15) is 17.6 Å². The molecule has 8 nitrogen and oxygen atoms in total. The second-order valence-corrected chi connectivity index (χ2v) is 7.82. The fourth-order valence-corrected chi connectivity index (χ4v) is 3.65. The summed E-state index contributed by atoms with van der Waals surface area (Å²) in [5, 5.41) is 3.34. The first-order chi connectivity index (χ1) is 15.9. The van der Waals surface area contributed by atoms with Gasteiger partial charge in [-0.05, 0) is 48.9 Å². The number of esters is 1. The standard InChI is InChI=1S/C24H21ClN4O4/c1-3-33-24(32)16-6-10-18(11-7-16)27-20(30)13-29-14-26-21-19(12-28(2)22(21)23(29)31)15-4-8-17(25)9-5-15/h4-12,14H,3,13H2,1-2H3,(H,27,30). The molecule has 168 valence electrons. The minimum Gasteiger partial charge on any atom is -0.462 e. The molecule has 2 aromatic heterocycles. The van der Waals surface area contributed by atoms with Crippen LogP contribution in [-0.4, -0.2) is 32.6 Å². The lowest BCUT2D eigenvalue weighted by Crippen LogP contribution is -2.28. The van der Waals surface area contributed by atoms with E-state index in [2.05, 4.69) is 10.3 Å². The Kier molecular flexibility index (Phi) is 6.28. The van der Waals surface area contributed by atoms with E-state index in [-0.39, 0.29) is 18.7 Å². The third-order valence-electron chi connectivity index (χ3n) is 5.09. The number of hydrogen-bond acceptors (Lipinski definition) is 5. The van der Waals surface area contributed by atoms with E-state index in [9.17, 15) is 14.4 Å². The SMILES string of the molecule is CCOC(=O)c1ccc(NC(=O)Cn2cnc3c(-c4ccc(Cl)cc4)cn(C)c3c2=O)cc1. The van der Waals surface area contributed by atoms with Gasteiger partial charge in [-0.3, -0.25) is 14.2 Å². The Hall–Kier alpha value is -3.91. The van der Waals surface area contributed by atoms with E-state index in [1.807, 2.05) is 18.3 Å². The summed E-state index contributed by atoms with van der Waals surface area (Å²) in [5.41, 5.74) is 3.21. The van der Waals surface area contributed by atoms with Crippen molar-refractivity contribution in [3.8, 4) is 11.1 Å². The predicted molar refractivity (Wildman–Crippen MR) is 126 cm³/mol. The van der Waals surface area contributed by atoms with Gasteiger partial charge < -0.3 is 14.6 Å². The number of carbonyl (C=O) groups is 2. The van der Waals surface area contributed by atoms with Crippen LogP contribution in [0.25, 0.3) is 22.2 Å². The number of anilines is 1. The first-order valence-electron chi connectivity index (χ1n) is 10.2. The second kappa shape index (κ2) is 9.30. The number of ether oxygens (including phenoxy) is 1. The van der Waals surface area contributed by atoms with Crippen molar-refractivity contribution in [2.45, 2.75) is 13.5 Å². The third-order valence-corrected chi connectivity index (χ3v) is 5.35. The molecular weight excluding hydrogens is 444 g/mol. The number of nitrogens with zero attached hydrogens (tertiary/aromatic N) is 3. The fraction of sp³-hybridized carbons (Fsp3) is 0.167. The van der Waals surface area contributed by atoms with Crippen molar-refractivity contribution in [2.75, 3.05) is 11.9 Å². The minimum absolute atomic E-state index is 0.205. The Morgan fingerprint density at radius 2 is 1.79 bits per heavy atom. The van der Waals surface area contributed by atoms with E-state index in [1.165, 1.54) is 10.9 Å². The number of carbonyl (C=O) groups excluding carboxylic acids is 2. The van der Waals surface area contributed by atoms with E-state index < -0.39 is 11.9 Å².